The van der Waals surface area contributed by atoms with Gasteiger partial charge in [-0.3, -0.25) is 0 Å². The Balaban J connectivity index is 1.39. The van der Waals surface area contributed by atoms with Gasteiger partial charge < -0.3 is 10.2 Å². The van der Waals surface area contributed by atoms with E-state index >= 15 is 0 Å². The van der Waals surface area contributed by atoms with Crippen LogP contribution in [0.4, 0.5) is 0 Å². The molecule has 0 spiro atoms. The molecule has 0 unspecified atom stereocenters. The fraction of sp³-hybridized carbons (Fsp3) is 0.647. The second-order valence-corrected chi connectivity index (χ2v) is 6.13. The van der Waals surface area contributed by atoms with Gasteiger partial charge in [-0.15, -0.1) is 0 Å². The lowest BCUT2D eigenvalue weighted by molar-refractivity contribution is 0.323. The molecule has 2 fully saturated rings. The molecular weight excluding hydrogens is 232 g/mol. The Morgan fingerprint density at radius 3 is 2.63 bits per heavy atom. The second kappa shape index (κ2) is 6.53. The van der Waals surface area contributed by atoms with E-state index in [1.807, 2.05) is 0 Å². The van der Waals surface area contributed by atoms with Crippen molar-refractivity contribution in [1.82, 2.24) is 10.2 Å². The third kappa shape index (κ3) is 3.58. The molecule has 2 aliphatic rings. The van der Waals surface area contributed by atoms with Gasteiger partial charge in [0.25, 0.3) is 0 Å². The van der Waals surface area contributed by atoms with Crippen LogP contribution in [-0.4, -0.2) is 37.1 Å². The van der Waals surface area contributed by atoms with Gasteiger partial charge in [-0.25, -0.2) is 0 Å². The number of likely N-dealkylation sites (tertiary alicyclic amines) is 1. The molecule has 0 bridgehead atoms. The normalized spacial score (nSPS) is 25.2. The topological polar surface area (TPSA) is 15.3 Å². The minimum absolute atomic E-state index is 0.757. The van der Waals surface area contributed by atoms with Crippen molar-refractivity contribution in [2.45, 2.75) is 44.1 Å². The van der Waals surface area contributed by atoms with E-state index in [1.54, 1.807) is 0 Å². The third-order valence-electron chi connectivity index (χ3n) is 4.76. The zero-order valence-electron chi connectivity index (χ0n) is 11.9. The van der Waals surface area contributed by atoms with E-state index < -0.39 is 0 Å². The van der Waals surface area contributed by atoms with Crippen LogP contribution in [0.3, 0.4) is 0 Å². The molecule has 2 nitrogen and oxygen atoms in total. The summed E-state index contributed by atoms with van der Waals surface area (Å²) in [5.74, 6) is 0.757. The third-order valence-corrected chi connectivity index (χ3v) is 4.76. The van der Waals surface area contributed by atoms with Gasteiger partial charge in [0.05, 0.1) is 0 Å². The van der Waals surface area contributed by atoms with Gasteiger partial charge in [-0.1, -0.05) is 43.2 Å². The van der Waals surface area contributed by atoms with E-state index in [-0.39, 0.29) is 0 Å². The van der Waals surface area contributed by atoms with Gasteiger partial charge >= 0.3 is 0 Å². The lowest BCUT2D eigenvalue weighted by Crippen LogP contribution is -2.35. The summed E-state index contributed by atoms with van der Waals surface area (Å²) < 4.78 is 0. The van der Waals surface area contributed by atoms with Gasteiger partial charge in [0.15, 0.2) is 0 Å². The highest BCUT2D eigenvalue weighted by atomic mass is 15.2. The van der Waals surface area contributed by atoms with Crippen LogP contribution in [0.2, 0.25) is 0 Å². The molecule has 0 aromatic heterocycles. The van der Waals surface area contributed by atoms with Crippen molar-refractivity contribution < 1.29 is 0 Å². The van der Waals surface area contributed by atoms with E-state index in [1.165, 1.54) is 63.8 Å². The van der Waals surface area contributed by atoms with Gasteiger partial charge in [-0.2, -0.15) is 0 Å². The van der Waals surface area contributed by atoms with Crippen LogP contribution in [0, 0.1) is 0 Å². The first-order valence-corrected chi connectivity index (χ1v) is 7.92. The van der Waals surface area contributed by atoms with Crippen molar-refractivity contribution in [1.29, 1.82) is 0 Å². The predicted molar refractivity (Wildman–Crippen MR) is 80.5 cm³/mol. The van der Waals surface area contributed by atoms with Crippen LogP contribution >= 0.6 is 0 Å². The smallest absolute Gasteiger partial charge is 0.0107 e. The first-order valence-electron chi connectivity index (χ1n) is 7.92. The van der Waals surface area contributed by atoms with Crippen LogP contribution in [0.25, 0.3) is 0 Å². The van der Waals surface area contributed by atoms with Crippen molar-refractivity contribution in [3.63, 3.8) is 0 Å². The maximum atomic E-state index is 3.72. The molecule has 1 aromatic carbocycles. The minimum Gasteiger partial charge on any atom is -0.313 e. The summed E-state index contributed by atoms with van der Waals surface area (Å²) >= 11 is 0. The number of hydrogen-bond acceptors (Lipinski definition) is 2. The molecule has 3 rings (SSSR count). The van der Waals surface area contributed by atoms with Gasteiger partial charge in [0.1, 0.15) is 0 Å². The molecule has 1 N–H and O–H groups in total. The Hall–Kier alpha value is -0.860. The number of hydrogen-bond donors (Lipinski definition) is 1. The summed E-state index contributed by atoms with van der Waals surface area (Å²) in [6, 6.07) is 11.8. The summed E-state index contributed by atoms with van der Waals surface area (Å²) in [7, 11) is 0. The summed E-state index contributed by atoms with van der Waals surface area (Å²) in [5.41, 5.74) is 1.52. The van der Waals surface area contributed by atoms with E-state index in [2.05, 4.69) is 40.5 Å². The Morgan fingerprint density at radius 2 is 1.84 bits per heavy atom. The van der Waals surface area contributed by atoms with Crippen LogP contribution in [0.5, 0.6) is 0 Å². The number of nitrogens with one attached hydrogen (secondary N) is 1. The maximum absolute atomic E-state index is 3.72. The molecule has 1 saturated heterocycles. The van der Waals surface area contributed by atoms with Crippen molar-refractivity contribution >= 4 is 0 Å². The lowest BCUT2D eigenvalue weighted by Gasteiger charge is -2.18. The number of rotatable bonds is 5. The fourth-order valence-corrected chi connectivity index (χ4v) is 3.59. The van der Waals surface area contributed by atoms with Gasteiger partial charge in [0.2, 0.25) is 0 Å². The molecule has 1 aliphatic carbocycles. The minimum atomic E-state index is 0.757. The monoisotopic (exact) mass is 258 g/mol. The highest BCUT2D eigenvalue weighted by Gasteiger charge is 2.23. The largest absolute Gasteiger partial charge is 0.313 e. The first-order chi connectivity index (χ1) is 9.42. The average molecular weight is 258 g/mol. The van der Waals surface area contributed by atoms with E-state index in [4.69, 9.17) is 0 Å². The highest BCUT2D eigenvalue weighted by molar-refractivity contribution is 5.20. The Morgan fingerprint density at radius 1 is 1.05 bits per heavy atom. The van der Waals surface area contributed by atoms with E-state index in [0.717, 1.165) is 12.0 Å². The SMILES string of the molecule is c1ccc([C@H]2CCN(CCNC3CCCC3)C2)cc1. The molecular formula is C17H26N2. The molecule has 1 aromatic rings. The fourth-order valence-electron chi connectivity index (χ4n) is 3.59. The Kier molecular flexibility index (Phi) is 4.52. The lowest BCUT2D eigenvalue weighted by atomic mass is 9.99. The van der Waals surface area contributed by atoms with Crippen molar-refractivity contribution in [3.8, 4) is 0 Å². The number of nitrogens with zero attached hydrogens (tertiary/aromatic N) is 1. The molecule has 19 heavy (non-hydrogen) atoms. The first kappa shape index (κ1) is 13.1. The van der Waals surface area contributed by atoms with Crippen LogP contribution in [0.15, 0.2) is 30.3 Å². The van der Waals surface area contributed by atoms with Crippen molar-refractivity contribution in [3.05, 3.63) is 35.9 Å². The quantitative estimate of drug-likeness (QED) is 0.873. The van der Waals surface area contributed by atoms with Crippen LogP contribution in [0.1, 0.15) is 43.6 Å². The molecule has 1 heterocycles. The molecule has 2 heteroatoms. The average Bonchev–Trinajstić information content (AvgIpc) is 3.11. The molecule has 1 atom stereocenters. The summed E-state index contributed by atoms with van der Waals surface area (Å²) in [5, 5.41) is 3.72. The standard InChI is InChI=1S/C17H26N2/c1-2-6-15(7-3-1)16-10-12-19(14-16)13-11-18-17-8-4-5-9-17/h1-3,6-7,16-18H,4-5,8-14H2/t16-/m0/s1. The molecule has 1 saturated carbocycles. The van der Waals surface area contributed by atoms with E-state index in [0.29, 0.717) is 0 Å². The highest BCUT2D eigenvalue weighted by Crippen LogP contribution is 2.26. The van der Waals surface area contributed by atoms with Crippen LogP contribution in [-0.2, 0) is 0 Å². The Labute approximate surface area is 117 Å². The summed E-state index contributed by atoms with van der Waals surface area (Å²) in [6.45, 7) is 4.91. The Bertz CT molecular complexity index is 370. The summed E-state index contributed by atoms with van der Waals surface area (Å²) in [6.07, 6.45) is 6.97. The van der Waals surface area contributed by atoms with Gasteiger partial charge in [0, 0.05) is 25.7 Å². The molecule has 0 amide bonds. The zero-order chi connectivity index (χ0) is 12.9. The van der Waals surface area contributed by atoms with Crippen LogP contribution < -0.4 is 5.32 Å². The summed E-state index contributed by atoms with van der Waals surface area (Å²) in [4.78, 5) is 2.62. The second-order valence-electron chi connectivity index (χ2n) is 6.13. The van der Waals surface area contributed by atoms with Crippen molar-refractivity contribution in [2.75, 3.05) is 26.2 Å². The molecule has 1 aliphatic heterocycles. The zero-order valence-corrected chi connectivity index (χ0v) is 11.9. The van der Waals surface area contributed by atoms with Crippen molar-refractivity contribution in [2.24, 2.45) is 0 Å². The maximum Gasteiger partial charge on any atom is 0.0107 e. The number of benzene rings is 1. The van der Waals surface area contributed by atoms with E-state index in [9.17, 15) is 0 Å². The molecule has 104 valence electrons. The van der Waals surface area contributed by atoms with Gasteiger partial charge in [-0.05, 0) is 37.3 Å². The molecule has 0 radical (unpaired) electrons. The predicted octanol–water partition coefficient (Wildman–Crippen LogP) is 3.01.